The lowest BCUT2D eigenvalue weighted by Crippen LogP contribution is -2.52. The van der Waals surface area contributed by atoms with E-state index in [1.165, 1.54) is 11.3 Å². The summed E-state index contributed by atoms with van der Waals surface area (Å²) in [6.07, 6.45) is 0. The standard InChI is InChI=1S/C16H25N3O.2ClH/c1-12-6-4-5-7-15(12)18-8-10-19(11-9-18)16(20)13(2)14(3)17;;/h4-7,13-14H,8-11,17H2,1-3H3;2*1H. The smallest absolute Gasteiger partial charge is 0.227 e. The van der Waals surface area contributed by atoms with Crippen LogP contribution in [-0.4, -0.2) is 43.0 Å². The van der Waals surface area contributed by atoms with Crippen LogP contribution in [0.25, 0.3) is 0 Å². The molecule has 2 unspecified atom stereocenters. The zero-order valence-electron chi connectivity index (χ0n) is 13.5. The number of benzene rings is 1. The number of rotatable bonds is 3. The number of halogens is 2. The number of nitrogens with zero attached hydrogens (tertiary/aromatic N) is 2. The van der Waals surface area contributed by atoms with E-state index in [1.807, 2.05) is 18.7 Å². The van der Waals surface area contributed by atoms with Crippen LogP contribution in [0.1, 0.15) is 19.4 Å². The summed E-state index contributed by atoms with van der Waals surface area (Å²) in [5, 5.41) is 0. The van der Waals surface area contributed by atoms with Crippen LogP contribution >= 0.6 is 24.8 Å². The number of anilines is 1. The van der Waals surface area contributed by atoms with Crippen LogP contribution in [0.5, 0.6) is 0 Å². The second-order valence-corrected chi connectivity index (χ2v) is 5.75. The van der Waals surface area contributed by atoms with Gasteiger partial charge in [0.15, 0.2) is 0 Å². The Kier molecular flexibility index (Phi) is 8.83. The third kappa shape index (κ3) is 4.77. The Bertz CT molecular complexity index is 474. The Morgan fingerprint density at radius 1 is 1.09 bits per heavy atom. The van der Waals surface area contributed by atoms with Crippen molar-refractivity contribution in [2.75, 3.05) is 31.1 Å². The summed E-state index contributed by atoms with van der Waals surface area (Å²) in [5.74, 6) is 0.0874. The minimum Gasteiger partial charge on any atom is -0.368 e. The number of aryl methyl sites for hydroxylation is 1. The van der Waals surface area contributed by atoms with Crippen LogP contribution in [0, 0.1) is 12.8 Å². The van der Waals surface area contributed by atoms with Gasteiger partial charge in [0.1, 0.15) is 0 Å². The average molecular weight is 348 g/mol. The van der Waals surface area contributed by atoms with Gasteiger partial charge >= 0.3 is 0 Å². The van der Waals surface area contributed by atoms with E-state index in [9.17, 15) is 4.79 Å². The van der Waals surface area contributed by atoms with Gasteiger partial charge in [0, 0.05) is 37.9 Å². The first-order valence-electron chi connectivity index (χ1n) is 7.35. The maximum atomic E-state index is 12.3. The van der Waals surface area contributed by atoms with Gasteiger partial charge in [0.2, 0.25) is 5.91 Å². The van der Waals surface area contributed by atoms with E-state index < -0.39 is 0 Å². The molecule has 0 spiro atoms. The van der Waals surface area contributed by atoms with Gasteiger partial charge in [0.25, 0.3) is 0 Å². The molecule has 1 aromatic carbocycles. The Hall–Kier alpha value is -0.970. The number of carbonyl (C=O) groups excluding carboxylic acids is 1. The van der Waals surface area contributed by atoms with Gasteiger partial charge in [-0.3, -0.25) is 4.79 Å². The molecule has 6 heteroatoms. The average Bonchev–Trinajstić information content (AvgIpc) is 2.46. The molecule has 0 aromatic heterocycles. The summed E-state index contributed by atoms with van der Waals surface area (Å²) in [6.45, 7) is 9.29. The first-order chi connectivity index (χ1) is 9.50. The van der Waals surface area contributed by atoms with Crippen molar-refractivity contribution in [2.45, 2.75) is 26.8 Å². The zero-order chi connectivity index (χ0) is 14.7. The summed E-state index contributed by atoms with van der Waals surface area (Å²) >= 11 is 0. The van der Waals surface area contributed by atoms with Crippen molar-refractivity contribution >= 4 is 36.4 Å². The number of para-hydroxylation sites is 1. The summed E-state index contributed by atoms with van der Waals surface area (Å²) in [5.41, 5.74) is 8.39. The van der Waals surface area contributed by atoms with Crippen LogP contribution in [0.4, 0.5) is 5.69 Å². The Labute approximate surface area is 145 Å². The summed E-state index contributed by atoms with van der Waals surface area (Å²) in [6, 6.07) is 8.32. The molecule has 1 saturated heterocycles. The molecule has 1 aliphatic rings. The van der Waals surface area contributed by atoms with Gasteiger partial charge in [-0.25, -0.2) is 0 Å². The van der Waals surface area contributed by atoms with E-state index >= 15 is 0 Å². The molecule has 0 radical (unpaired) electrons. The molecule has 1 aromatic rings. The normalized spacial score (nSPS) is 17.1. The van der Waals surface area contributed by atoms with Gasteiger partial charge in [0.05, 0.1) is 5.92 Å². The van der Waals surface area contributed by atoms with Crippen LogP contribution in [0.3, 0.4) is 0 Å². The third-order valence-corrected chi connectivity index (χ3v) is 4.23. The highest BCUT2D eigenvalue weighted by Gasteiger charge is 2.26. The number of amides is 1. The molecule has 0 bridgehead atoms. The van der Waals surface area contributed by atoms with Gasteiger partial charge in [-0.05, 0) is 25.5 Å². The largest absolute Gasteiger partial charge is 0.368 e. The molecule has 22 heavy (non-hydrogen) atoms. The molecule has 2 atom stereocenters. The molecule has 1 aliphatic heterocycles. The first kappa shape index (κ1) is 21.0. The maximum absolute atomic E-state index is 12.3. The van der Waals surface area contributed by atoms with Crippen molar-refractivity contribution in [1.29, 1.82) is 0 Å². The number of hydrogen-bond acceptors (Lipinski definition) is 3. The van der Waals surface area contributed by atoms with Crippen molar-refractivity contribution in [2.24, 2.45) is 11.7 Å². The third-order valence-electron chi connectivity index (χ3n) is 4.23. The molecule has 1 fully saturated rings. The highest BCUT2D eigenvalue weighted by molar-refractivity contribution is 5.85. The monoisotopic (exact) mass is 347 g/mol. The molecular weight excluding hydrogens is 321 g/mol. The molecular formula is C16H27Cl2N3O. The van der Waals surface area contributed by atoms with E-state index in [-0.39, 0.29) is 42.7 Å². The Morgan fingerprint density at radius 2 is 1.64 bits per heavy atom. The minimum absolute atomic E-state index is 0. The molecule has 2 rings (SSSR count). The summed E-state index contributed by atoms with van der Waals surface area (Å²) in [4.78, 5) is 16.6. The first-order valence-corrected chi connectivity index (χ1v) is 7.35. The van der Waals surface area contributed by atoms with E-state index in [0.29, 0.717) is 0 Å². The van der Waals surface area contributed by atoms with Crippen LogP contribution in [0.2, 0.25) is 0 Å². The Morgan fingerprint density at radius 3 is 2.14 bits per heavy atom. The van der Waals surface area contributed by atoms with Gasteiger partial charge < -0.3 is 15.5 Å². The number of piperazine rings is 1. The van der Waals surface area contributed by atoms with E-state index in [4.69, 9.17) is 5.73 Å². The highest BCUT2D eigenvalue weighted by atomic mass is 35.5. The van der Waals surface area contributed by atoms with E-state index in [0.717, 1.165) is 26.2 Å². The SMILES string of the molecule is Cc1ccccc1N1CCN(C(=O)C(C)C(C)N)CC1.Cl.Cl. The second kappa shape index (κ2) is 9.23. The molecule has 4 nitrogen and oxygen atoms in total. The van der Waals surface area contributed by atoms with Crippen LogP contribution < -0.4 is 10.6 Å². The molecule has 0 aliphatic carbocycles. The summed E-state index contributed by atoms with van der Waals surface area (Å²) < 4.78 is 0. The fourth-order valence-electron chi connectivity index (χ4n) is 2.60. The van der Waals surface area contributed by atoms with Gasteiger partial charge in [-0.1, -0.05) is 25.1 Å². The molecule has 2 N–H and O–H groups in total. The van der Waals surface area contributed by atoms with Crippen LogP contribution in [-0.2, 0) is 4.79 Å². The van der Waals surface area contributed by atoms with E-state index in [2.05, 4.69) is 36.1 Å². The number of nitrogens with two attached hydrogens (primary N) is 1. The van der Waals surface area contributed by atoms with Crippen molar-refractivity contribution in [3.63, 3.8) is 0 Å². The number of hydrogen-bond donors (Lipinski definition) is 1. The molecule has 126 valence electrons. The van der Waals surface area contributed by atoms with Crippen molar-refractivity contribution in [3.8, 4) is 0 Å². The van der Waals surface area contributed by atoms with E-state index in [1.54, 1.807) is 0 Å². The molecule has 0 saturated carbocycles. The minimum atomic E-state index is -0.0972. The Balaban J connectivity index is 0.00000220. The lowest BCUT2D eigenvalue weighted by Gasteiger charge is -2.38. The molecule has 1 amide bonds. The predicted octanol–water partition coefficient (Wildman–Crippen LogP) is 2.47. The quantitative estimate of drug-likeness (QED) is 0.913. The lowest BCUT2D eigenvalue weighted by molar-refractivity contribution is -0.135. The fourth-order valence-corrected chi connectivity index (χ4v) is 2.60. The molecule has 1 heterocycles. The lowest BCUT2D eigenvalue weighted by atomic mass is 10.0. The maximum Gasteiger partial charge on any atom is 0.227 e. The highest BCUT2D eigenvalue weighted by Crippen LogP contribution is 2.21. The van der Waals surface area contributed by atoms with Crippen molar-refractivity contribution < 1.29 is 4.79 Å². The van der Waals surface area contributed by atoms with Gasteiger partial charge in [-0.2, -0.15) is 0 Å². The van der Waals surface area contributed by atoms with Gasteiger partial charge in [-0.15, -0.1) is 24.8 Å². The predicted molar refractivity (Wildman–Crippen MR) is 97.3 cm³/mol. The number of carbonyl (C=O) groups is 1. The zero-order valence-corrected chi connectivity index (χ0v) is 15.1. The van der Waals surface area contributed by atoms with Crippen molar-refractivity contribution in [3.05, 3.63) is 29.8 Å². The summed E-state index contributed by atoms with van der Waals surface area (Å²) in [7, 11) is 0. The fraction of sp³-hybridized carbons (Fsp3) is 0.562. The van der Waals surface area contributed by atoms with Crippen LogP contribution in [0.15, 0.2) is 24.3 Å². The topological polar surface area (TPSA) is 49.6 Å². The second-order valence-electron chi connectivity index (χ2n) is 5.75. The van der Waals surface area contributed by atoms with Crippen molar-refractivity contribution in [1.82, 2.24) is 4.90 Å².